The van der Waals surface area contributed by atoms with Crippen LogP contribution in [0.25, 0.3) is 0 Å². The maximum absolute atomic E-state index is 12.2. The van der Waals surface area contributed by atoms with E-state index in [-0.39, 0.29) is 0 Å². The van der Waals surface area contributed by atoms with E-state index in [2.05, 4.69) is 0 Å². The summed E-state index contributed by atoms with van der Waals surface area (Å²) in [7, 11) is 2.32. The Kier molecular flexibility index (Phi) is 4.35. The highest BCUT2D eigenvalue weighted by Crippen LogP contribution is 2.48. The van der Waals surface area contributed by atoms with Crippen LogP contribution in [0.5, 0.6) is 11.5 Å². The van der Waals surface area contributed by atoms with E-state index in [0.29, 0.717) is 16.8 Å². The molecule has 0 saturated heterocycles. The number of methoxy groups -OCH3 is 2. The summed E-state index contributed by atoms with van der Waals surface area (Å²) in [5.74, 6) is 0.998. The van der Waals surface area contributed by atoms with E-state index in [1.807, 2.05) is 0 Å². The van der Waals surface area contributed by atoms with Crippen molar-refractivity contribution in [3.05, 3.63) is 18.2 Å². The Morgan fingerprint density at radius 3 is 2.06 bits per heavy atom. The molecule has 0 fully saturated rings. The van der Waals surface area contributed by atoms with Crippen LogP contribution in [-0.2, 0) is 13.6 Å². The normalized spacial score (nSPS) is 11.2. The van der Waals surface area contributed by atoms with Gasteiger partial charge in [-0.2, -0.15) is 0 Å². The molecule has 0 aliphatic rings. The average molecular weight is 246 g/mol. The molecule has 0 aromatic heterocycles. The third-order valence-electron chi connectivity index (χ3n) is 2.16. The minimum Gasteiger partial charge on any atom is -0.497 e. The largest absolute Gasteiger partial charge is 0.497 e. The first kappa shape index (κ1) is 13.0. The van der Waals surface area contributed by atoms with Gasteiger partial charge in [-0.15, -0.1) is 0 Å². The molecule has 5 nitrogen and oxygen atoms in total. The summed E-state index contributed by atoms with van der Waals surface area (Å²) in [6, 6.07) is 4.93. The summed E-state index contributed by atoms with van der Waals surface area (Å²) in [6.07, 6.45) is 0. The van der Waals surface area contributed by atoms with Gasteiger partial charge in [0.2, 0.25) is 0 Å². The SMILES string of the molecule is COc1ccc(OC)c(P(=O)(OC)OC)c1. The molecule has 0 amide bonds. The van der Waals surface area contributed by atoms with Crippen LogP contribution in [0.4, 0.5) is 0 Å². The highest BCUT2D eigenvalue weighted by atomic mass is 31.2. The van der Waals surface area contributed by atoms with Crippen LogP contribution >= 0.6 is 7.60 Å². The molecule has 1 aromatic rings. The third kappa shape index (κ3) is 2.38. The van der Waals surface area contributed by atoms with E-state index in [0.717, 1.165) is 0 Å². The van der Waals surface area contributed by atoms with Crippen LogP contribution < -0.4 is 14.8 Å². The highest BCUT2D eigenvalue weighted by molar-refractivity contribution is 7.62. The van der Waals surface area contributed by atoms with Crippen molar-refractivity contribution >= 4 is 12.9 Å². The number of rotatable bonds is 5. The predicted molar refractivity (Wildman–Crippen MR) is 60.8 cm³/mol. The van der Waals surface area contributed by atoms with Crippen LogP contribution in [0.1, 0.15) is 0 Å². The number of benzene rings is 1. The van der Waals surface area contributed by atoms with Crippen molar-refractivity contribution < 1.29 is 23.1 Å². The lowest BCUT2D eigenvalue weighted by Crippen LogP contribution is -2.11. The number of hydrogen-bond donors (Lipinski definition) is 0. The molecule has 1 aromatic carbocycles. The molecule has 0 atom stereocenters. The van der Waals surface area contributed by atoms with Crippen LogP contribution in [0.3, 0.4) is 0 Å². The average Bonchev–Trinajstić information content (AvgIpc) is 2.37. The molecule has 0 aliphatic heterocycles. The zero-order chi connectivity index (χ0) is 12.2. The van der Waals surface area contributed by atoms with Gasteiger partial charge >= 0.3 is 7.60 Å². The Bertz CT molecular complexity index is 396. The summed E-state index contributed by atoms with van der Waals surface area (Å²) < 4.78 is 32.2. The first-order chi connectivity index (χ1) is 7.61. The Morgan fingerprint density at radius 2 is 1.62 bits per heavy atom. The molecule has 0 spiro atoms. The monoisotopic (exact) mass is 246 g/mol. The van der Waals surface area contributed by atoms with Gasteiger partial charge in [0.15, 0.2) is 0 Å². The minimum atomic E-state index is -3.33. The number of hydrogen-bond acceptors (Lipinski definition) is 5. The predicted octanol–water partition coefficient (Wildman–Crippen LogP) is 1.81. The molecule has 90 valence electrons. The Hall–Kier alpha value is -1.03. The zero-order valence-corrected chi connectivity index (χ0v) is 10.6. The molecule has 0 saturated carbocycles. The summed E-state index contributed by atoms with van der Waals surface area (Å²) in [5.41, 5.74) is 0. The second-order valence-corrected chi connectivity index (χ2v) is 5.11. The minimum absolute atomic E-state index is 0.347. The van der Waals surface area contributed by atoms with E-state index in [9.17, 15) is 4.57 Å². The van der Waals surface area contributed by atoms with E-state index in [1.54, 1.807) is 18.2 Å². The van der Waals surface area contributed by atoms with Crippen molar-refractivity contribution in [3.8, 4) is 11.5 Å². The quantitative estimate of drug-likeness (QED) is 0.742. The summed E-state index contributed by atoms with van der Waals surface area (Å²) in [5, 5.41) is 0.347. The standard InChI is InChI=1S/C10H15O5P/c1-12-8-5-6-9(13-2)10(7-8)16(11,14-3)15-4/h5-7H,1-4H3. The molecule has 0 unspecified atom stereocenters. The highest BCUT2D eigenvalue weighted by Gasteiger charge is 2.29. The molecular formula is C10H15O5P. The van der Waals surface area contributed by atoms with Crippen LogP contribution in [0.15, 0.2) is 18.2 Å². The van der Waals surface area contributed by atoms with Crippen molar-refractivity contribution in [3.63, 3.8) is 0 Å². The third-order valence-corrected chi connectivity index (χ3v) is 4.06. The molecule has 0 bridgehead atoms. The Morgan fingerprint density at radius 1 is 1.00 bits per heavy atom. The van der Waals surface area contributed by atoms with Crippen LogP contribution in [0, 0.1) is 0 Å². The second-order valence-electron chi connectivity index (χ2n) is 2.90. The van der Waals surface area contributed by atoms with Gasteiger partial charge in [0.25, 0.3) is 0 Å². The van der Waals surface area contributed by atoms with E-state index in [1.165, 1.54) is 28.4 Å². The van der Waals surface area contributed by atoms with Gasteiger partial charge in [0.1, 0.15) is 16.8 Å². The van der Waals surface area contributed by atoms with Crippen LogP contribution in [0.2, 0.25) is 0 Å². The van der Waals surface area contributed by atoms with Crippen molar-refractivity contribution in [2.24, 2.45) is 0 Å². The fourth-order valence-electron chi connectivity index (χ4n) is 1.28. The topological polar surface area (TPSA) is 54.0 Å². The van der Waals surface area contributed by atoms with Crippen molar-refractivity contribution in [1.82, 2.24) is 0 Å². The molecule has 0 aliphatic carbocycles. The lowest BCUT2D eigenvalue weighted by Gasteiger charge is -2.17. The lowest BCUT2D eigenvalue weighted by molar-refractivity contribution is 0.285. The first-order valence-electron chi connectivity index (χ1n) is 4.55. The fourth-order valence-corrected chi connectivity index (χ4v) is 2.55. The molecule has 0 heterocycles. The van der Waals surface area contributed by atoms with Crippen LogP contribution in [-0.4, -0.2) is 28.4 Å². The van der Waals surface area contributed by atoms with Gasteiger partial charge in [-0.25, -0.2) is 0 Å². The van der Waals surface area contributed by atoms with Gasteiger partial charge in [0.05, 0.1) is 14.2 Å². The van der Waals surface area contributed by atoms with E-state index < -0.39 is 7.60 Å². The lowest BCUT2D eigenvalue weighted by atomic mass is 10.3. The zero-order valence-electron chi connectivity index (χ0n) is 9.72. The van der Waals surface area contributed by atoms with Crippen molar-refractivity contribution in [1.29, 1.82) is 0 Å². The molecular weight excluding hydrogens is 231 g/mol. The maximum atomic E-state index is 12.2. The van der Waals surface area contributed by atoms with E-state index >= 15 is 0 Å². The summed E-state index contributed by atoms with van der Waals surface area (Å²) >= 11 is 0. The molecule has 6 heteroatoms. The molecule has 1 rings (SSSR count). The van der Waals surface area contributed by atoms with Crippen molar-refractivity contribution in [2.45, 2.75) is 0 Å². The molecule has 16 heavy (non-hydrogen) atoms. The summed E-state index contributed by atoms with van der Waals surface area (Å²) in [6.45, 7) is 0. The van der Waals surface area contributed by atoms with Crippen molar-refractivity contribution in [2.75, 3.05) is 28.4 Å². The first-order valence-corrected chi connectivity index (χ1v) is 6.09. The Balaban J connectivity index is 3.33. The molecule has 0 N–H and O–H groups in total. The van der Waals surface area contributed by atoms with Gasteiger partial charge in [-0.05, 0) is 18.2 Å². The van der Waals surface area contributed by atoms with Gasteiger partial charge in [0, 0.05) is 14.2 Å². The number of ether oxygens (including phenoxy) is 2. The smallest absolute Gasteiger partial charge is 0.364 e. The fraction of sp³-hybridized carbons (Fsp3) is 0.400. The van der Waals surface area contributed by atoms with Gasteiger partial charge in [-0.3, -0.25) is 4.57 Å². The summed E-state index contributed by atoms with van der Waals surface area (Å²) in [4.78, 5) is 0. The van der Waals surface area contributed by atoms with E-state index in [4.69, 9.17) is 18.5 Å². The Labute approximate surface area is 94.8 Å². The second kappa shape index (κ2) is 5.34. The van der Waals surface area contributed by atoms with Gasteiger partial charge < -0.3 is 18.5 Å². The van der Waals surface area contributed by atoms with Gasteiger partial charge in [-0.1, -0.05) is 0 Å². The maximum Gasteiger partial charge on any atom is 0.364 e. The molecule has 0 radical (unpaired) electrons.